The van der Waals surface area contributed by atoms with Crippen LogP contribution in [0.4, 0.5) is 0 Å². The second-order valence-electron chi connectivity index (χ2n) is 3.82. The minimum absolute atomic E-state index is 0.0995. The molecule has 0 spiro atoms. The van der Waals surface area contributed by atoms with Crippen LogP contribution in [0.5, 0.6) is 0 Å². The first kappa shape index (κ1) is 11.2. The zero-order valence-corrected chi connectivity index (χ0v) is 9.83. The molecule has 5 heteroatoms. The lowest BCUT2D eigenvalue weighted by molar-refractivity contribution is 0.367. The summed E-state index contributed by atoms with van der Waals surface area (Å²) in [6, 6.07) is 1.66. The van der Waals surface area contributed by atoms with Crippen LogP contribution in [0.15, 0.2) is 10.6 Å². The number of alkyl halides is 3. The maximum absolute atomic E-state index is 5.62. The van der Waals surface area contributed by atoms with E-state index in [1.165, 1.54) is 0 Å². The fraction of sp³-hybridized carbons (Fsp3) is 0.625. The van der Waals surface area contributed by atoms with E-state index < -0.39 is 3.79 Å². The van der Waals surface area contributed by atoms with E-state index in [4.69, 9.17) is 39.3 Å². The highest BCUT2D eigenvalue weighted by Gasteiger charge is 2.30. The van der Waals surface area contributed by atoms with Gasteiger partial charge in [-0.05, 0) is 0 Å². The SMILES string of the molecule is CC(C)(C)c1cc(C(Cl)(Cl)Cl)on1. The van der Waals surface area contributed by atoms with E-state index in [-0.39, 0.29) is 11.2 Å². The molecule has 0 saturated heterocycles. The molecule has 1 rings (SSSR count). The highest BCUT2D eigenvalue weighted by Crippen LogP contribution is 2.39. The summed E-state index contributed by atoms with van der Waals surface area (Å²) in [4.78, 5) is 0. The molecule has 0 aromatic carbocycles. The lowest BCUT2D eigenvalue weighted by atomic mass is 9.92. The van der Waals surface area contributed by atoms with Crippen LogP contribution in [0.25, 0.3) is 0 Å². The molecule has 13 heavy (non-hydrogen) atoms. The van der Waals surface area contributed by atoms with E-state index in [1.54, 1.807) is 6.07 Å². The van der Waals surface area contributed by atoms with Crippen LogP contribution in [-0.2, 0) is 9.21 Å². The topological polar surface area (TPSA) is 26.0 Å². The van der Waals surface area contributed by atoms with Crippen molar-refractivity contribution in [2.24, 2.45) is 0 Å². The van der Waals surface area contributed by atoms with Gasteiger partial charge in [0.2, 0.25) is 0 Å². The van der Waals surface area contributed by atoms with E-state index in [0.29, 0.717) is 0 Å². The van der Waals surface area contributed by atoms with Gasteiger partial charge in [-0.2, -0.15) is 0 Å². The molecular weight excluding hydrogens is 232 g/mol. The van der Waals surface area contributed by atoms with Crippen molar-refractivity contribution in [1.82, 2.24) is 5.16 Å². The molecule has 0 fully saturated rings. The summed E-state index contributed by atoms with van der Waals surface area (Å²) in [6.07, 6.45) is 0. The van der Waals surface area contributed by atoms with Crippen molar-refractivity contribution in [1.29, 1.82) is 0 Å². The maximum Gasteiger partial charge on any atom is 0.250 e. The van der Waals surface area contributed by atoms with Gasteiger partial charge in [-0.1, -0.05) is 60.7 Å². The number of nitrogens with zero attached hydrogens (tertiary/aromatic N) is 1. The lowest BCUT2D eigenvalue weighted by Gasteiger charge is -2.12. The van der Waals surface area contributed by atoms with E-state index in [9.17, 15) is 0 Å². The molecule has 1 aromatic rings. The second-order valence-corrected chi connectivity index (χ2v) is 6.11. The fourth-order valence-electron chi connectivity index (χ4n) is 0.762. The number of halogens is 3. The first-order valence-electron chi connectivity index (χ1n) is 3.75. The summed E-state index contributed by atoms with van der Waals surface area (Å²) in [7, 11) is 0. The van der Waals surface area contributed by atoms with Crippen molar-refractivity contribution >= 4 is 34.8 Å². The minimum Gasteiger partial charge on any atom is -0.356 e. The largest absolute Gasteiger partial charge is 0.356 e. The van der Waals surface area contributed by atoms with Gasteiger partial charge in [0, 0.05) is 11.5 Å². The third-order valence-corrected chi connectivity index (χ3v) is 2.12. The van der Waals surface area contributed by atoms with Crippen LogP contribution < -0.4 is 0 Å². The van der Waals surface area contributed by atoms with Gasteiger partial charge in [-0.3, -0.25) is 0 Å². The van der Waals surface area contributed by atoms with Gasteiger partial charge in [0.25, 0.3) is 3.79 Å². The van der Waals surface area contributed by atoms with E-state index in [2.05, 4.69) is 5.16 Å². The fourth-order valence-corrected chi connectivity index (χ4v) is 1.03. The Bertz CT molecular complexity index is 267. The van der Waals surface area contributed by atoms with Gasteiger partial charge in [0.1, 0.15) is 0 Å². The van der Waals surface area contributed by atoms with Gasteiger partial charge in [0.05, 0.1) is 5.69 Å². The van der Waals surface area contributed by atoms with Crippen molar-refractivity contribution in [2.75, 3.05) is 0 Å². The van der Waals surface area contributed by atoms with Crippen LogP contribution in [0.3, 0.4) is 0 Å². The molecule has 1 heterocycles. The van der Waals surface area contributed by atoms with Gasteiger partial charge in [-0.15, -0.1) is 0 Å². The van der Waals surface area contributed by atoms with Gasteiger partial charge >= 0.3 is 0 Å². The Morgan fingerprint density at radius 1 is 1.23 bits per heavy atom. The minimum atomic E-state index is -1.53. The molecule has 0 aliphatic heterocycles. The second kappa shape index (κ2) is 3.34. The van der Waals surface area contributed by atoms with Crippen molar-refractivity contribution < 1.29 is 4.52 Å². The predicted octanol–water partition coefficient (Wildman–Crippen LogP) is 3.80. The Labute approximate surface area is 92.1 Å². The molecule has 74 valence electrons. The van der Waals surface area contributed by atoms with Gasteiger partial charge in [0.15, 0.2) is 5.76 Å². The number of hydrogen-bond donors (Lipinski definition) is 0. The standard InChI is InChI=1S/C8H10Cl3NO/c1-7(2,3)5-4-6(13-12-5)8(9,10)11/h4H,1-3H3. The van der Waals surface area contributed by atoms with Crippen LogP contribution >= 0.6 is 34.8 Å². The van der Waals surface area contributed by atoms with Gasteiger partial charge < -0.3 is 4.52 Å². The summed E-state index contributed by atoms with van der Waals surface area (Å²) in [5, 5.41) is 3.83. The Balaban J connectivity index is 3.01. The molecule has 0 saturated carbocycles. The molecule has 0 unspecified atom stereocenters. The molecule has 0 aliphatic carbocycles. The van der Waals surface area contributed by atoms with Crippen LogP contribution in [0.2, 0.25) is 0 Å². The van der Waals surface area contributed by atoms with Crippen LogP contribution in [-0.4, -0.2) is 5.16 Å². The molecular formula is C8H10Cl3NO. The third kappa shape index (κ3) is 2.76. The van der Waals surface area contributed by atoms with Crippen molar-refractivity contribution in [3.05, 3.63) is 17.5 Å². The Morgan fingerprint density at radius 2 is 1.77 bits per heavy atom. The van der Waals surface area contributed by atoms with E-state index >= 15 is 0 Å². The van der Waals surface area contributed by atoms with E-state index in [1.807, 2.05) is 20.8 Å². The molecule has 0 radical (unpaired) electrons. The third-order valence-electron chi connectivity index (χ3n) is 1.56. The molecule has 2 nitrogen and oxygen atoms in total. The predicted molar refractivity (Wildman–Crippen MR) is 54.4 cm³/mol. The Hall–Kier alpha value is 0.0800. The zero-order chi connectivity index (χ0) is 10.3. The van der Waals surface area contributed by atoms with Crippen molar-refractivity contribution in [3.63, 3.8) is 0 Å². The van der Waals surface area contributed by atoms with Crippen molar-refractivity contribution in [3.8, 4) is 0 Å². The lowest BCUT2D eigenvalue weighted by Crippen LogP contribution is -2.11. The summed E-state index contributed by atoms with van der Waals surface area (Å²) in [5.41, 5.74) is 0.673. The Morgan fingerprint density at radius 3 is 2.00 bits per heavy atom. The summed E-state index contributed by atoms with van der Waals surface area (Å²) >= 11 is 16.9. The van der Waals surface area contributed by atoms with Crippen molar-refractivity contribution in [2.45, 2.75) is 30.0 Å². The molecule has 0 aliphatic rings. The van der Waals surface area contributed by atoms with Crippen LogP contribution in [0.1, 0.15) is 32.2 Å². The number of aromatic nitrogens is 1. The molecule has 0 atom stereocenters. The highest BCUT2D eigenvalue weighted by atomic mass is 35.6. The zero-order valence-electron chi connectivity index (χ0n) is 7.57. The normalized spacial score (nSPS) is 13.4. The molecule has 1 aromatic heterocycles. The summed E-state index contributed by atoms with van der Waals surface area (Å²) < 4.78 is 3.38. The average Bonchev–Trinajstić information content (AvgIpc) is 2.28. The highest BCUT2D eigenvalue weighted by molar-refractivity contribution is 6.66. The smallest absolute Gasteiger partial charge is 0.250 e. The van der Waals surface area contributed by atoms with Crippen LogP contribution in [0, 0.1) is 0 Å². The molecule has 0 amide bonds. The summed E-state index contributed by atoms with van der Waals surface area (Å²) in [5.74, 6) is 0.252. The van der Waals surface area contributed by atoms with Gasteiger partial charge in [-0.25, -0.2) is 0 Å². The molecule has 0 bridgehead atoms. The first-order chi connectivity index (χ1) is 5.71. The summed E-state index contributed by atoms with van der Waals surface area (Å²) in [6.45, 7) is 6.02. The monoisotopic (exact) mass is 241 g/mol. The Kier molecular flexibility index (Phi) is 2.86. The quantitative estimate of drug-likeness (QED) is 0.647. The van der Waals surface area contributed by atoms with E-state index in [0.717, 1.165) is 5.69 Å². The first-order valence-corrected chi connectivity index (χ1v) is 4.89. The maximum atomic E-state index is 5.62. The number of rotatable bonds is 0. The average molecular weight is 243 g/mol. The number of hydrogen-bond acceptors (Lipinski definition) is 2. The molecule has 0 N–H and O–H groups in total.